The number of rotatable bonds is 7. The molecule has 2 aliphatic rings. The highest BCUT2D eigenvalue weighted by atomic mass is 16.5. The lowest BCUT2D eigenvalue weighted by atomic mass is 10.1. The number of ether oxygens (including phenoxy) is 2. The molecule has 168 valence electrons. The molecule has 32 heavy (non-hydrogen) atoms. The molecule has 6 heteroatoms. The second-order valence-electron chi connectivity index (χ2n) is 8.71. The molecule has 5 rings (SSSR count). The minimum atomic E-state index is 0.781. The quantitative estimate of drug-likeness (QED) is 0.570. The molecule has 3 aromatic rings. The first-order chi connectivity index (χ1) is 15.7. The lowest BCUT2D eigenvalue weighted by molar-refractivity contribution is 0.120. The number of aromatic nitrogens is 2. The fraction of sp³-hybridized carbons (Fsp3) is 0.423. The van der Waals surface area contributed by atoms with Gasteiger partial charge in [0.2, 0.25) is 0 Å². The summed E-state index contributed by atoms with van der Waals surface area (Å²) in [5, 5.41) is 5.05. The van der Waals surface area contributed by atoms with E-state index in [2.05, 4.69) is 56.9 Å². The Hall–Kier alpha value is -2.83. The Morgan fingerprint density at radius 2 is 1.53 bits per heavy atom. The van der Waals surface area contributed by atoms with Gasteiger partial charge >= 0.3 is 0 Å². The van der Waals surface area contributed by atoms with Crippen molar-refractivity contribution in [2.45, 2.75) is 32.4 Å². The van der Waals surface area contributed by atoms with Crippen LogP contribution in [0.25, 0.3) is 5.69 Å². The van der Waals surface area contributed by atoms with Crippen molar-refractivity contribution in [3.8, 4) is 17.2 Å². The molecule has 1 fully saturated rings. The number of hydrogen-bond donors (Lipinski definition) is 0. The zero-order chi connectivity index (χ0) is 21.9. The third-order valence-corrected chi connectivity index (χ3v) is 6.71. The van der Waals surface area contributed by atoms with Crippen LogP contribution in [-0.4, -0.2) is 60.0 Å². The van der Waals surface area contributed by atoms with Crippen LogP contribution in [0.2, 0.25) is 0 Å². The maximum absolute atomic E-state index is 5.46. The van der Waals surface area contributed by atoms with E-state index >= 15 is 0 Å². The molecule has 0 atom stereocenters. The minimum absolute atomic E-state index is 0.781. The molecule has 0 N–H and O–H groups in total. The van der Waals surface area contributed by atoms with Crippen LogP contribution in [0.3, 0.4) is 0 Å². The zero-order valence-corrected chi connectivity index (χ0v) is 19.1. The lowest BCUT2D eigenvalue weighted by Gasteiger charge is -2.34. The van der Waals surface area contributed by atoms with Crippen LogP contribution in [0.4, 0.5) is 0 Å². The van der Waals surface area contributed by atoms with E-state index in [0.29, 0.717) is 0 Å². The smallest absolute Gasteiger partial charge is 0.161 e. The predicted molar refractivity (Wildman–Crippen MR) is 126 cm³/mol. The summed E-state index contributed by atoms with van der Waals surface area (Å²) in [6.45, 7) is 6.16. The molecule has 2 aromatic carbocycles. The van der Waals surface area contributed by atoms with Gasteiger partial charge in [-0.25, -0.2) is 4.68 Å². The Morgan fingerprint density at radius 3 is 2.25 bits per heavy atom. The van der Waals surface area contributed by atoms with Gasteiger partial charge in [-0.3, -0.25) is 9.80 Å². The van der Waals surface area contributed by atoms with Crippen molar-refractivity contribution in [1.29, 1.82) is 0 Å². The van der Waals surface area contributed by atoms with Gasteiger partial charge in [-0.1, -0.05) is 24.3 Å². The highest BCUT2D eigenvalue weighted by molar-refractivity contribution is 5.43. The van der Waals surface area contributed by atoms with Gasteiger partial charge in [-0.15, -0.1) is 0 Å². The minimum Gasteiger partial charge on any atom is -0.493 e. The topological polar surface area (TPSA) is 42.8 Å². The van der Waals surface area contributed by atoms with Crippen molar-refractivity contribution in [2.75, 3.05) is 40.4 Å². The van der Waals surface area contributed by atoms with E-state index in [0.717, 1.165) is 63.6 Å². The van der Waals surface area contributed by atoms with E-state index in [1.807, 2.05) is 6.07 Å². The highest BCUT2D eigenvalue weighted by Gasteiger charge is 2.25. The van der Waals surface area contributed by atoms with Crippen LogP contribution in [0.1, 0.15) is 28.9 Å². The Bertz CT molecular complexity index is 1060. The van der Waals surface area contributed by atoms with Crippen molar-refractivity contribution in [3.63, 3.8) is 0 Å². The molecule has 0 bridgehead atoms. The maximum Gasteiger partial charge on any atom is 0.161 e. The molecule has 1 aromatic heterocycles. The Labute approximate surface area is 190 Å². The summed E-state index contributed by atoms with van der Waals surface area (Å²) >= 11 is 0. The molecule has 1 saturated heterocycles. The Morgan fingerprint density at radius 1 is 0.812 bits per heavy atom. The van der Waals surface area contributed by atoms with E-state index in [9.17, 15) is 0 Å². The van der Waals surface area contributed by atoms with E-state index in [-0.39, 0.29) is 0 Å². The summed E-state index contributed by atoms with van der Waals surface area (Å²) < 4.78 is 13.0. The van der Waals surface area contributed by atoms with Crippen molar-refractivity contribution in [2.24, 2.45) is 0 Å². The van der Waals surface area contributed by atoms with Crippen LogP contribution in [-0.2, 0) is 25.9 Å². The first-order valence-electron chi connectivity index (χ1n) is 11.6. The molecule has 0 spiro atoms. The third-order valence-electron chi connectivity index (χ3n) is 6.71. The molecule has 0 saturated carbocycles. The molecule has 1 aliphatic heterocycles. The summed E-state index contributed by atoms with van der Waals surface area (Å²) in [6.07, 6.45) is 3.54. The number of benzene rings is 2. The maximum atomic E-state index is 5.46. The molecule has 6 nitrogen and oxygen atoms in total. The molecular formula is C26H32N4O2. The predicted octanol–water partition coefficient (Wildman–Crippen LogP) is 3.70. The van der Waals surface area contributed by atoms with Crippen molar-refractivity contribution >= 4 is 0 Å². The monoisotopic (exact) mass is 432 g/mol. The number of methoxy groups -OCH3 is 2. The Kier molecular flexibility index (Phi) is 6.14. The molecule has 2 heterocycles. The van der Waals surface area contributed by atoms with Gasteiger partial charge in [0.15, 0.2) is 11.5 Å². The average molecular weight is 433 g/mol. The zero-order valence-electron chi connectivity index (χ0n) is 19.1. The van der Waals surface area contributed by atoms with Gasteiger partial charge in [0.05, 0.1) is 25.6 Å². The molecular weight excluding hydrogens is 400 g/mol. The summed E-state index contributed by atoms with van der Waals surface area (Å²) in [5.74, 6) is 1.58. The Balaban J connectivity index is 1.22. The van der Waals surface area contributed by atoms with E-state index < -0.39 is 0 Å². The van der Waals surface area contributed by atoms with Gasteiger partial charge < -0.3 is 9.47 Å². The van der Waals surface area contributed by atoms with Crippen LogP contribution >= 0.6 is 0 Å². The average Bonchev–Trinajstić information content (AvgIpc) is 3.45. The van der Waals surface area contributed by atoms with Gasteiger partial charge in [0, 0.05) is 45.0 Å². The fourth-order valence-corrected chi connectivity index (χ4v) is 4.98. The normalized spacial score (nSPS) is 16.8. The van der Waals surface area contributed by atoms with Crippen LogP contribution in [0.5, 0.6) is 11.5 Å². The van der Waals surface area contributed by atoms with Crippen molar-refractivity contribution in [3.05, 3.63) is 71.0 Å². The third kappa shape index (κ3) is 4.25. The number of fused-ring (bicyclic) bond motifs is 1. The summed E-state index contributed by atoms with van der Waals surface area (Å²) in [4.78, 5) is 5.08. The number of hydrogen-bond acceptors (Lipinski definition) is 5. The van der Waals surface area contributed by atoms with Crippen LogP contribution < -0.4 is 9.47 Å². The van der Waals surface area contributed by atoms with Crippen molar-refractivity contribution in [1.82, 2.24) is 19.6 Å². The van der Waals surface area contributed by atoms with Gasteiger partial charge in [-0.2, -0.15) is 5.10 Å². The second kappa shape index (κ2) is 9.35. The fourth-order valence-electron chi connectivity index (χ4n) is 4.98. The van der Waals surface area contributed by atoms with E-state index in [1.165, 1.54) is 34.6 Å². The summed E-state index contributed by atoms with van der Waals surface area (Å²) in [6, 6.07) is 16.8. The van der Waals surface area contributed by atoms with Crippen LogP contribution in [0.15, 0.2) is 48.5 Å². The SMILES string of the molecule is COc1ccc(CN2CCN(Cc3nn(-c4ccccc4)c4c3CCC4)CC2)cc1OC. The van der Waals surface area contributed by atoms with Gasteiger partial charge in [-0.05, 0) is 54.7 Å². The van der Waals surface area contributed by atoms with Gasteiger partial charge in [0.25, 0.3) is 0 Å². The number of piperazine rings is 1. The molecule has 1 aliphatic carbocycles. The second-order valence-corrected chi connectivity index (χ2v) is 8.71. The van der Waals surface area contributed by atoms with E-state index in [1.54, 1.807) is 14.2 Å². The van der Waals surface area contributed by atoms with Crippen molar-refractivity contribution < 1.29 is 9.47 Å². The van der Waals surface area contributed by atoms with Crippen LogP contribution in [0, 0.1) is 0 Å². The molecule has 0 unspecified atom stereocenters. The molecule has 0 amide bonds. The number of nitrogens with zero attached hydrogens (tertiary/aromatic N) is 4. The molecule has 0 radical (unpaired) electrons. The lowest BCUT2D eigenvalue weighted by Crippen LogP contribution is -2.45. The highest BCUT2D eigenvalue weighted by Crippen LogP contribution is 2.30. The first-order valence-corrected chi connectivity index (χ1v) is 11.6. The number of para-hydroxylation sites is 1. The largest absolute Gasteiger partial charge is 0.493 e. The first kappa shape index (κ1) is 21.0. The van der Waals surface area contributed by atoms with Gasteiger partial charge in [0.1, 0.15) is 0 Å². The summed E-state index contributed by atoms with van der Waals surface area (Å²) in [7, 11) is 3.37. The standard InChI is InChI=1S/C26H32N4O2/c1-31-25-12-11-20(17-26(25)32-2)18-28-13-15-29(16-14-28)19-23-22-9-6-10-24(22)30(27-23)21-7-4-3-5-8-21/h3-5,7-8,11-12,17H,6,9-10,13-16,18-19H2,1-2H3. The summed E-state index contributed by atoms with van der Waals surface area (Å²) in [5.41, 5.74) is 6.61. The van der Waals surface area contributed by atoms with E-state index in [4.69, 9.17) is 14.6 Å².